The van der Waals surface area contributed by atoms with Gasteiger partial charge in [0, 0.05) is 16.9 Å². The molecule has 1 heterocycles. The number of allylic oxidation sites excluding steroid dienone is 1. The number of rotatable bonds is 3. The first-order valence-corrected chi connectivity index (χ1v) is 8.96. The van der Waals surface area contributed by atoms with Crippen LogP contribution in [0.15, 0.2) is 35.5 Å². The van der Waals surface area contributed by atoms with E-state index in [4.69, 9.17) is 9.47 Å². The maximum atomic E-state index is 12.4. The van der Waals surface area contributed by atoms with Gasteiger partial charge in [-0.05, 0) is 26.7 Å². The second-order valence-corrected chi connectivity index (χ2v) is 7.72. The van der Waals surface area contributed by atoms with Crippen molar-refractivity contribution in [3.63, 3.8) is 0 Å². The van der Waals surface area contributed by atoms with Crippen molar-refractivity contribution in [2.24, 2.45) is 17.3 Å². The first kappa shape index (κ1) is 18.9. The van der Waals surface area contributed by atoms with Crippen molar-refractivity contribution in [1.29, 1.82) is 0 Å². The van der Waals surface area contributed by atoms with Crippen LogP contribution in [0.25, 0.3) is 0 Å². The van der Waals surface area contributed by atoms with Gasteiger partial charge in [-0.2, -0.15) is 0 Å². The summed E-state index contributed by atoms with van der Waals surface area (Å²) >= 11 is 0. The van der Waals surface area contributed by atoms with Crippen molar-refractivity contribution in [1.82, 2.24) is 0 Å². The van der Waals surface area contributed by atoms with E-state index in [-0.39, 0.29) is 11.5 Å². The molecule has 0 amide bonds. The van der Waals surface area contributed by atoms with E-state index in [1.807, 2.05) is 19.9 Å². The molecule has 6 atom stereocenters. The molecule has 1 saturated heterocycles. The van der Waals surface area contributed by atoms with Gasteiger partial charge in [-0.25, -0.2) is 9.59 Å². The maximum Gasteiger partial charge on any atom is 0.336 e. The van der Waals surface area contributed by atoms with Gasteiger partial charge in [-0.15, -0.1) is 0 Å². The van der Waals surface area contributed by atoms with E-state index in [1.165, 1.54) is 6.08 Å². The van der Waals surface area contributed by atoms with Crippen LogP contribution < -0.4 is 0 Å². The zero-order valence-corrected chi connectivity index (χ0v) is 15.4. The van der Waals surface area contributed by atoms with E-state index >= 15 is 0 Å². The predicted octanol–water partition coefficient (Wildman–Crippen LogP) is 1.67. The lowest BCUT2D eigenvalue weighted by atomic mass is 9.54. The Hall–Kier alpha value is -1.92. The van der Waals surface area contributed by atoms with Crippen LogP contribution in [-0.4, -0.2) is 47.1 Å². The van der Waals surface area contributed by atoms with Crippen LogP contribution in [0.2, 0.25) is 0 Å². The van der Waals surface area contributed by atoms with Crippen LogP contribution in [0.1, 0.15) is 33.6 Å². The summed E-state index contributed by atoms with van der Waals surface area (Å²) in [6, 6.07) is 0. The van der Waals surface area contributed by atoms with Crippen LogP contribution in [0.5, 0.6) is 0 Å². The molecule has 6 heteroatoms. The minimum Gasteiger partial charge on any atom is -0.458 e. The number of carbonyl (C=O) groups excluding carboxylic acids is 2. The van der Waals surface area contributed by atoms with Crippen molar-refractivity contribution < 1.29 is 29.3 Å². The molecule has 142 valence electrons. The monoisotopic (exact) mass is 362 g/mol. The number of fused-ring (bicyclic) bond motifs is 3. The Labute approximate surface area is 153 Å². The number of aliphatic hydroxyl groups excluding tert-OH is 2. The Kier molecular flexibility index (Phi) is 4.84. The highest BCUT2D eigenvalue weighted by Gasteiger charge is 2.61. The van der Waals surface area contributed by atoms with Crippen LogP contribution in [0.4, 0.5) is 0 Å². The molecule has 3 aliphatic rings. The summed E-state index contributed by atoms with van der Waals surface area (Å²) in [5, 5.41) is 20.0. The lowest BCUT2D eigenvalue weighted by Gasteiger charge is -2.53. The Bertz CT molecular complexity index is 705. The lowest BCUT2D eigenvalue weighted by Crippen LogP contribution is -2.57. The summed E-state index contributed by atoms with van der Waals surface area (Å²) in [4.78, 5) is 24.6. The number of ether oxygens (including phenoxy) is 2. The molecule has 0 radical (unpaired) electrons. The molecule has 1 saturated carbocycles. The largest absolute Gasteiger partial charge is 0.458 e. The van der Waals surface area contributed by atoms with Gasteiger partial charge in [0.15, 0.2) is 0 Å². The van der Waals surface area contributed by atoms with Crippen molar-refractivity contribution in [2.45, 2.75) is 51.9 Å². The summed E-state index contributed by atoms with van der Waals surface area (Å²) in [7, 11) is 0. The van der Waals surface area contributed by atoms with Crippen molar-refractivity contribution in [3.05, 3.63) is 35.5 Å². The maximum absolute atomic E-state index is 12.4. The Morgan fingerprint density at radius 3 is 2.85 bits per heavy atom. The predicted molar refractivity (Wildman–Crippen MR) is 93.8 cm³/mol. The first-order chi connectivity index (χ1) is 12.2. The average molecular weight is 362 g/mol. The molecule has 2 aliphatic carbocycles. The third kappa shape index (κ3) is 2.72. The molecule has 26 heavy (non-hydrogen) atoms. The molecular formula is C20H26O6. The second-order valence-electron chi connectivity index (χ2n) is 7.72. The van der Waals surface area contributed by atoms with E-state index in [1.54, 1.807) is 6.92 Å². The molecule has 1 aliphatic heterocycles. The Morgan fingerprint density at radius 1 is 1.54 bits per heavy atom. The first-order valence-electron chi connectivity index (χ1n) is 8.96. The van der Waals surface area contributed by atoms with E-state index in [2.05, 4.69) is 6.58 Å². The van der Waals surface area contributed by atoms with Crippen LogP contribution in [0, 0.1) is 17.3 Å². The fourth-order valence-electron chi connectivity index (χ4n) is 4.80. The van der Waals surface area contributed by atoms with Gasteiger partial charge >= 0.3 is 11.9 Å². The van der Waals surface area contributed by atoms with Crippen LogP contribution in [-0.2, 0) is 19.1 Å². The van der Waals surface area contributed by atoms with Gasteiger partial charge in [0.1, 0.15) is 12.2 Å². The smallest absolute Gasteiger partial charge is 0.336 e. The van der Waals surface area contributed by atoms with Gasteiger partial charge in [-0.1, -0.05) is 31.2 Å². The van der Waals surface area contributed by atoms with Gasteiger partial charge < -0.3 is 19.7 Å². The minimum atomic E-state index is -0.644. The molecule has 0 aromatic heterocycles. The molecular weight excluding hydrogens is 336 g/mol. The number of hydrogen-bond donors (Lipinski definition) is 2. The van der Waals surface area contributed by atoms with E-state index < -0.39 is 48.2 Å². The summed E-state index contributed by atoms with van der Waals surface area (Å²) in [6.07, 6.45) is 2.62. The zero-order valence-electron chi connectivity index (χ0n) is 15.4. The fraction of sp³-hybridized carbons (Fsp3) is 0.600. The number of aliphatic hydroxyl groups is 2. The quantitative estimate of drug-likeness (QED) is 0.451. The number of carbonyl (C=O) groups is 2. The summed E-state index contributed by atoms with van der Waals surface area (Å²) in [5.41, 5.74) is 0.953. The van der Waals surface area contributed by atoms with Gasteiger partial charge in [0.05, 0.1) is 24.2 Å². The molecule has 2 fully saturated rings. The normalized spacial score (nSPS) is 39.7. The van der Waals surface area contributed by atoms with Crippen LogP contribution >= 0.6 is 0 Å². The van der Waals surface area contributed by atoms with E-state index in [9.17, 15) is 19.8 Å². The second kappa shape index (κ2) is 6.67. The van der Waals surface area contributed by atoms with Crippen molar-refractivity contribution >= 4 is 11.9 Å². The summed E-state index contributed by atoms with van der Waals surface area (Å²) in [5.74, 6) is -1.69. The third-order valence-corrected chi connectivity index (χ3v) is 6.30. The van der Waals surface area contributed by atoms with E-state index in [0.717, 1.165) is 5.57 Å². The molecule has 0 bridgehead atoms. The zero-order chi connectivity index (χ0) is 19.2. The summed E-state index contributed by atoms with van der Waals surface area (Å²) < 4.78 is 11.3. The number of esters is 2. The Morgan fingerprint density at radius 2 is 2.23 bits per heavy atom. The molecule has 2 N–H and O–H groups in total. The molecule has 0 aromatic rings. The molecule has 3 rings (SSSR count). The Balaban J connectivity index is 1.99. The fourth-order valence-corrected chi connectivity index (χ4v) is 4.80. The van der Waals surface area contributed by atoms with Crippen molar-refractivity contribution in [2.75, 3.05) is 6.61 Å². The van der Waals surface area contributed by atoms with Crippen LogP contribution in [0.3, 0.4) is 0 Å². The minimum absolute atomic E-state index is 0.145. The standard InChI is InChI=1S/C20H26O6/c1-5-12(9-21)19(24)25-13-8-20(4)14(22)7-6-10(2)16(20)17-15(13)11(3)18(23)26-17/h5-6,13-17,21-22H,3,7-9H2,1-2,4H3. The lowest BCUT2D eigenvalue weighted by molar-refractivity contribution is -0.173. The molecule has 6 unspecified atom stereocenters. The highest BCUT2D eigenvalue weighted by atomic mass is 16.6. The topological polar surface area (TPSA) is 93.1 Å². The number of hydrogen-bond acceptors (Lipinski definition) is 6. The van der Waals surface area contributed by atoms with E-state index in [0.29, 0.717) is 18.4 Å². The van der Waals surface area contributed by atoms with Gasteiger partial charge in [-0.3, -0.25) is 0 Å². The third-order valence-electron chi connectivity index (χ3n) is 6.30. The van der Waals surface area contributed by atoms with Gasteiger partial charge in [0.25, 0.3) is 0 Å². The SMILES string of the molecule is C=C1C(=O)OC2C1C(OC(=O)C(=CC)CO)CC1(C)C(O)CC=C(C)C21. The highest BCUT2D eigenvalue weighted by Crippen LogP contribution is 2.56. The highest BCUT2D eigenvalue weighted by molar-refractivity contribution is 5.92. The van der Waals surface area contributed by atoms with Crippen molar-refractivity contribution in [3.8, 4) is 0 Å². The average Bonchev–Trinajstić information content (AvgIpc) is 2.87. The molecule has 0 spiro atoms. The molecule has 0 aromatic carbocycles. The molecule has 6 nitrogen and oxygen atoms in total. The summed E-state index contributed by atoms with van der Waals surface area (Å²) in [6.45, 7) is 9.02. The van der Waals surface area contributed by atoms with Gasteiger partial charge in [0.2, 0.25) is 0 Å².